The molecule has 0 saturated carbocycles. The fourth-order valence-electron chi connectivity index (χ4n) is 4.92. The predicted octanol–water partition coefficient (Wildman–Crippen LogP) is 4.78. The largest absolute Gasteiger partial charge is 0.507 e. The van der Waals surface area contributed by atoms with Crippen molar-refractivity contribution in [2.75, 3.05) is 13.7 Å². The van der Waals surface area contributed by atoms with Crippen molar-refractivity contribution >= 4 is 11.9 Å². The molecule has 2 N–H and O–H groups in total. The van der Waals surface area contributed by atoms with Gasteiger partial charge in [-0.15, -0.1) is 0 Å². The molecule has 1 fully saturated rings. The topological polar surface area (TPSA) is 78.9 Å². The second-order valence-corrected chi connectivity index (χ2v) is 10.3. The van der Waals surface area contributed by atoms with Crippen molar-refractivity contribution < 1.29 is 19.4 Å². The number of urea groups is 1. The highest BCUT2D eigenvalue weighted by Gasteiger charge is 2.38. The molecule has 1 heterocycles. The van der Waals surface area contributed by atoms with E-state index in [9.17, 15) is 14.7 Å². The van der Waals surface area contributed by atoms with E-state index in [4.69, 9.17) is 4.74 Å². The zero-order valence-electron chi connectivity index (χ0n) is 19.8. The first-order chi connectivity index (χ1) is 14.9. The third-order valence-electron chi connectivity index (χ3n) is 7.15. The van der Waals surface area contributed by atoms with Crippen LogP contribution in [0.15, 0.2) is 24.3 Å². The molecule has 2 aromatic carbocycles. The third-order valence-corrected chi connectivity index (χ3v) is 7.15. The lowest BCUT2D eigenvalue weighted by Crippen LogP contribution is -2.34. The van der Waals surface area contributed by atoms with Gasteiger partial charge >= 0.3 is 6.03 Å². The van der Waals surface area contributed by atoms with Crippen LogP contribution in [0.2, 0.25) is 0 Å². The van der Waals surface area contributed by atoms with Gasteiger partial charge in [0.25, 0.3) is 0 Å². The van der Waals surface area contributed by atoms with E-state index in [1.807, 2.05) is 6.07 Å². The standard InChI is InChI=1S/C26H32N2O4/c1-15-9-19-20(26(4,5)8-7-25(19,2)3)11-17(15)18-10-16(21(29)12-22(18)32-6)14-28-23(30)13-27-24(28)31/h9-12,29H,7-8,13-14H2,1-6H3,(H,27,31). The van der Waals surface area contributed by atoms with Crippen LogP contribution >= 0.6 is 0 Å². The minimum absolute atomic E-state index is 0.00447. The van der Waals surface area contributed by atoms with Crippen molar-refractivity contribution in [3.05, 3.63) is 46.5 Å². The molecular weight excluding hydrogens is 404 g/mol. The highest BCUT2D eigenvalue weighted by Crippen LogP contribution is 2.48. The minimum atomic E-state index is -0.444. The normalized spacial score (nSPS) is 19.0. The number of aryl methyl sites for hydroxylation is 1. The number of imide groups is 1. The number of amides is 3. The van der Waals surface area contributed by atoms with Crippen molar-refractivity contribution in [2.24, 2.45) is 0 Å². The third kappa shape index (κ3) is 3.61. The molecule has 0 bridgehead atoms. The first kappa shape index (κ1) is 22.2. The Labute approximate surface area is 189 Å². The van der Waals surface area contributed by atoms with Crippen LogP contribution in [0.4, 0.5) is 4.79 Å². The predicted molar refractivity (Wildman–Crippen MR) is 124 cm³/mol. The molecule has 1 aliphatic carbocycles. The highest BCUT2D eigenvalue weighted by atomic mass is 16.5. The number of carbonyl (C=O) groups is 2. The summed E-state index contributed by atoms with van der Waals surface area (Å²) in [5, 5.41) is 13.1. The summed E-state index contributed by atoms with van der Waals surface area (Å²) in [6.07, 6.45) is 2.25. The molecule has 0 unspecified atom stereocenters. The monoisotopic (exact) mass is 436 g/mol. The summed E-state index contributed by atoms with van der Waals surface area (Å²) in [5.74, 6) is 0.246. The second kappa shape index (κ2) is 7.54. The molecule has 0 spiro atoms. The average Bonchev–Trinajstić information content (AvgIpc) is 3.04. The lowest BCUT2D eigenvalue weighted by Gasteiger charge is -2.42. The van der Waals surface area contributed by atoms with Crippen molar-refractivity contribution in [2.45, 2.75) is 64.8 Å². The van der Waals surface area contributed by atoms with E-state index in [2.05, 4.69) is 52.1 Å². The van der Waals surface area contributed by atoms with Crippen molar-refractivity contribution in [1.29, 1.82) is 0 Å². The molecule has 32 heavy (non-hydrogen) atoms. The summed E-state index contributed by atoms with van der Waals surface area (Å²) in [5.41, 5.74) is 6.38. The van der Waals surface area contributed by atoms with Crippen LogP contribution < -0.4 is 10.1 Å². The number of nitrogens with one attached hydrogen (secondary N) is 1. The Morgan fingerprint density at radius 1 is 1.00 bits per heavy atom. The van der Waals surface area contributed by atoms with Crippen LogP contribution in [0.5, 0.6) is 11.5 Å². The van der Waals surface area contributed by atoms with Gasteiger partial charge in [-0.05, 0) is 65.0 Å². The van der Waals surface area contributed by atoms with Gasteiger partial charge in [0, 0.05) is 17.2 Å². The van der Waals surface area contributed by atoms with E-state index >= 15 is 0 Å². The number of hydrogen-bond donors (Lipinski definition) is 2. The van der Waals surface area contributed by atoms with Gasteiger partial charge in [-0.3, -0.25) is 9.69 Å². The number of aromatic hydroxyl groups is 1. The molecule has 4 rings (SSSR count). The summed E-state index contributed by atoms with van der Waals surface area (Å²) in [6, 6.07) is 7.51. The number of ether oxygens (including phenoxy) is 1. The molecule has 0 aromatic heterocycles. The SMILES string of the molecule is COc1cc(O)c(CN2C(=O)CNC2=O)cc1-c1cc2c(cc1C)C(C)(C)CCC2(C)C. The molecule has 6 heteroatoms. The quantitative estimate of drug-likeness (QED) is 0.677. The zero-order valence-corrected chi connectivity index (χ0v) is 19.8. The Hall–Kier alpha value is -3.02. The van der Waals surface area contributed by atoms with E-state index in [0.717, 1.165) is 34.4 Å². The van der Waals surface area contributed by atoms with Gasteiger partial charge in [-0.1, -0.05) is 33.8 Å². The summed E-state index contributed by atoms with van der Waals surface area (Å²) < 4.78 is 5.62. The van der Waals surface area contributed by atoms with Gasteiger partial charge in [0.2, 0.25) is 5.91 Å². The van der Waals surface area contributed by atoms with E-state index < -0.39 is 6.03 Å². The van der Waals surface area contributed by atoms with Crippen LogP contribution in [0, 0.1) is 6.92 Å². The Balaban J connectivity index is 1.86. The van der Waals surface area contributed by atoms with Gasteiger partial charge in [0.1, 0.15) is 11.5 Å². The number of methoxy groups -OCH3 is 1. The first-order valence-corrected chi connectivity index (χ1v) is 11.1. The van der Waals surface area contributed by atoms with Gasteiger partial charge < -0.3 is 15.2 Å². The molecule has 0 radical (unpaired) electrons. The maximum atomic E-state index is 12.1. The summed E-state index contributed by atoms with van der Waals surface area (Å²) in [7, 11) is 1.58. The molecule has 1 aliphatic heterocycles. The van der Waals surface area contributed by atoms with Crippen molar-refractivity contribution in [1.82, 2.24) is 10.2 Å². The second-order valence-electron chi connectivity index (χ2n) is 10.3. The molecule has 1 saturated heterocycles. The smallest absolute Gasteiger partial charge is 0.324 e. The van der Waals surface area contributed by atoms with Gasteiger partial charge in [0.05, 0.1) is 20.2 Å². The van der Waals surface area contributed by atoms with E-state index in [0.29, 0.717) is 11.3 Å². The number of phenolic OH excluding ortho intramolecular Hbond substituents is 1. The van der Waals surface area contributed by atoms with Crippen LogP contribution in [0.1, 0.15) is 62.8 Å². The van der Waals surface area contributed by atoms with Crippen LogP contribution in [-0.4, -0.2) is 35.6 Å². The minimum Gasteiger partial charge on any atom is -0.507 e. The number of nitrogens with zero attached hydrogens (tertiary/aromatic N) is 1. The fraction of sp³-hybridized carbons (Fsp3) is 0.462. The van der Waals surface area contributed by atoms with E-state index in [1.165, 1.54) is 11.1 Å². The first-order valence-electron chi connectivity index (χ1n) is 11.1. The number of fused-ring (bicyclic) bond motifs is 1. The number of phenols is 1. The lowest BCUT2D eigenvalue weighted by atomic mass is 9.62. The van der Waals surface area contributed by atoms with Gasteiger partial charge in [-0.2, -0.15) is 0 Å². The summed E-state index contributed by atoms with van der Waals surface area (Å²) in [6.45, 7) is 11.3. The molecule has 2 aliphatic rings. The van der Waals surface area contributed by atoms with Crippen LogP contribution in [0.25, 0.3) is 11.1 Å². The highest BCUT2D eigenvalue weighted by molar-refractivity contribution is 6.01. The van der Waals surface area contributed by atoms with Crippen molar-refractivity contribution in [3.8, 4) is 22.6 Å². The Morgan fingerprint density at radius 3 is 2.19 bits per heavy atom. The number of benzene rings is 2. The lowest BCUT2D eigenvalue weighted by molar-refractivity contribution is -0.125. The van der Waals surface area contributed by atoms with E-state index in [-0.39, 0.29) is 35.6 Å². The maximum absolute atomic E-state index is 12.1. The van der Waals surface area contributed by atoms with Crippen LogP contribution in [0.3, 0.4) is 0 Å². The summed E-state index contributed by atoms with van der Waals surface area (Å²) in [4.78, 5) is 25.2. The number of rotatable bonds is 4. The van der Waals surface area contributed by atoms with Gasteiger partial charge in [-0.25, -0.2) is 4.79 Å². The molecule has 2 aromatic rings. The zero-order chi connectivity index (χ0) is 23.4. The van der Waals surface area contributed by atoms with Gasteiger partial charge in [0.15, 0.2) is 0 Å². The molecular formula is C26H32N2O4. The Bertz CT molecular complexity index is 1100. The fourth-order valence-corrected chi connectivity index (χ4v) is 4.92. The molecule has 6 nitrogen and oxygen atoms in total. The number of carbonyl (C=O) groups excluding carboxylic acids is 2. The molecule has 3 amide bonds. The molecule has 170 valence electrons. The Kier molecular flexibility index (Phi) is 5.23. The molecule has 0 atom stereocenters. The summed E-state index contributed by atoms with van der Waals surface area (Å²) >= 11 is 0. The Morgan fingerprint density at radius 2 is 1.62 bits per heavy atom. The number of hydrogen-bond acceptors (Lipinski definition) is 4. The van der Waals surface area contributed by atoms with E-state index in [1.54, 1.807) is 13.2 Å². The van der Waals surface area contributed by atoms with Crippen LogP contribution in [-0.2, 0) is 22.2 Å². The maximum Gasteiger partial charge on any atom is 0.324 e. The van der Waals surface area contributed by atoms with Crippen molar-refractivity contribution in [3.63, 3.8) is 0 Å². The average molecular weight is 437 g/mol.